The van der Waals surface area contributed by atoms with E-state index in [4.69, 9.17) is 5.73 Å². The number of nitrogens with two attached hydrogens (primary N) is 1. The zero-order valence-corrected chi connectivity index (χ0v) is 17.9. The second-order valence-corrected chi connectivity index (χ2v) is 8.26. The molecule has 5 heteroatoms. The van der Waals surface area contributed by atoms with Gasteiger partial charge in [0.25, 0.3) is 0 Å². The number of rotatable bonds is 8. The van der Waals surface area contributed by atoms with Crippen LogP contribution in [0, 0.1) is 6.92 Å². The summed E-state index contributed by atoms with van der Waals surface area (Å²) in [5.74, 6) is -1.91. The number of anilines is 1. The molecule has 30 heavy (non-hydrogen) atoms. The molecular formula is C25H32N2O3. The highest BCUT2D eigenvalue weighted by molar-refractivity contribution is 5.88. The Morgan fingerprint density at radius 3 is 2.30 bits per heavy atom. The smallest absolute Gasteiger partial charge is 0.335 e. The lowest BCUT2D eigenvalue weighted by Crippen LogP contribution is -2.33. The Kier molecular flexibility index (Phi) is 7.14. The number of carboxylic acid groups (broad SMARTS) is 1. The molecule has 0 spiro atoms. The van der Waals surface area contributed by atoms with Crippen molar-refractivity contribution < 1.29 is 14.7 Å². The summed E-state index contributed by atoms with van der Waals surface area (Å²) in [4.78, 5) is 26.4. The maximum Gasteiger partial charge on any atom is 0.335 e. The average molecular weight is 409 g/mol. The minimum Gasteiger partial charge on any atom is -0.478 e. The van der Waals surface area contributed by atoms with E-state index in [-0.39, 0.29) is 17.4 Å². The van der Waals surface area contributed by atoms with Crippen LogP contribution >= 0.6 is 0 Å². The van der Waals surface area contributed by atoms with E-state index in [1.54, 1.807) is 24.3 Å². The van der Waals surface area contributed by atoms with Crippen LogP contribution in [0.1, 0.15) is 77.9 Å². The van der Waals surface area contributed by atoms with Gasteiger partial charge < -0.3 is 15.7 Å². The number of para-hydroxylation sites is 1. The van der Waals surface area contributed by atoms with Gasteiger partial charge in [0.05, 0.1) is 11.5 Å². The molecule has 1 aliphatic rings. The molecule has 3 rings (SSSR count). The van der Waals surface area contributed by atoms with Crippen molar-refractivity contribution in [3.05, 3.63) is 64.7 Å². The van der Waals surface area contributed by atoms with Crippen LogP contribution < -0.4 is 10.6 Å². The molecular weight excluding hydrogens is 376 g/mol. The van der Waals surface area contributed by atoms with Crippen LogP contribution in [0.2, 0.25) is 0 Å². The van der Waals surface area contributed by atoms with Crippen LogP contribution in [-0.4, -0.2) is 30.1 Å². The first-order valence-corrected chi connectivity index (χ1v) is 10.9. The lowest BCUT2D eigenvalue weighted by molar-refractivity contribution is -0.120. The van der Waals surface area contributed by atoms with Gasteiger partial charge in [-0.25, -0.2) is 4.79 Å². The molecule has 2 aromatic rings. The number of hydrogen-bond acceptors (Lipinski definition) is 3. The minimum absolute atomic E-state index is 0.0556. The number of carboxylic acids is 1. The van der Waals surface area contributed by atoms with Gasteiger partial charge >= 0.3 is 5.97 Å². The summed E-state index contributed by atoms with van der Waals surface area (Å²) in [5.41, 5.74) is 10.5. The van der Waals surface area contributed by atoms with Crippen molar-refractivity contribution in [2.75, 3.05) is 18.0 Å². The van der Waals surface area contributed by atoms with E-state index in [2.05, 4.69) is 36.9 Å². The molecule has 0 bridgehead atoms. The predicted octanol–water partition coefficient (Wildman–Crippen LogP) is 4.84. The van der Waals surface area contributed by atoms with Gasteiger partial charge in [0.2, 0.25) is 5.91 Å². The fourth-order valence-corrected chi connectivity index (χ4v) is 4.77. The monoisotopic (exact) mass is 408 g/mol. The van der Waals surface area contributed by atoms with E-state index < -0.39 is 11.9 Å². The molecule has 1 saturated heterocycles. The highest BCUT2D eigenvalue weighted by Gasteiger charge is 2.32. The van der Waals surface area contributed by atoms with E-state index in [1.165, 1.54) is 36.1 Å². The molecule has 5 nitrogen and oxygen atoms in total. The molecule has 0 saturated carbocycles. The number of carbonyl (C=O) groups is 2. The molecule has 2 unspecified atom stereocenters. The quantitative estimate of drug-likeness (QED) is 0.655. The Hall–Kier alpha value is -2.82. The molecule has 160 valence electrons. The van der Waals surface area contributed by atoms with Gasteiger partial charge in [-0.3, -0.25) is 4.79 Å². The van der Waals surface area contributed by atoms with Crippen LogP contribution in [0.4, 0.5) is 5.69 Å². The van der Waals surface area contributed by atoms with Gasteiger partial charge in [-0.05, 0) is 61.4 Å². The summed E-state index contributed by atoms with van der Waals surface area (Å²) in [5, 5.41) is 9.21. The van der Waals surface area contributed by atoms with Gasteiger partial charge in [0.15, 0.2) is 0 Å². The Balaban J connectivity index is 2.08. The van der Waals surface area contributed by atoms with Gasteiger partial charge in [0.1, 0.15) is 0 Å². The van der Waals surface area contributed by atoms with Gasteiger partial charge in [-0.1, -0.05) is 43.7 Å². The number of aromatic carboxylic acids is 1. The number of benzene rings is 2. The highest BCUT2D eigenvalue weighted by Crippen LogP contribution is 2.42. The molecule has 0 radical (unpaired) electrons. The lowest BCUT2D eigenvalue weighted by Gasteiger charge is -2.35. The van der Waals surface area contributed by atoms with Crippen molar-refractivity contribution in [2.24, 2.45) is 5.73 Å². The topological polar surface area (TPSA) is 83.6 Å². The summed E-state index contributed by atoms with van der Waals surface area (Å²) < 4.78 is 0. The van der Waals surface area contributed by atoms with Crippen LogP contribution in [0.15, 0.2) is 42.5 Å². The predicted molar refractivity (Wildman–Crippen MR) is 120 cm³/mol. The molecule has 0 aromatic heterocycles. The summed E-state index contributed by atoms with van der Waals surface area (Å²) >= 11 is 0. The first kappa shape index (κ1) is 21.9. The van der Waals surface area contributed by atoms with Crippen LogP contribution in [0.5, 0.6) is 0 Å². The third-order valence-corrected chi connectivity index (χ3v) is 6.17. The van der Waals surface area contributed by atoms with Crippen LogP contribution in [0.3, 0.4) is 0 Å². The summed E-state index contributed by atoms with van der Waals surface area (Å²) in [6.45, 7) is 6.32. The number of amides is 1. The van der Waals surface area contributed by atoms with Crippen molar-refractivity contribution in [2.45, 2.75) is 57.8 Å². The standard InChI is InChI=1S/C25H32N2O3/c1-3-8-20(22(24(26)28)18-11-13-19(14-12-18)25(29)30)21-10-7-9-17(2)23(21)27-15-5-4-6-16-27/h7,9-14,20,22H,3-6,8,15-16H2,1-2H3,(H2,26,28)(H,29,30). The normalized spacial score (nSPS) is 16.1. The zero-order valence-electron chi connectivity index (χ0n) is 17.9. The highest BCUT2D eigenvalue weighted by atomic mass is 16.4. The lowest BCUT2D eigenvalue weighted by atomic mass is 9.77. The number of nitrogens with zero attached hydrogens (tertiary/aromatic N) is 1. The zero-order chi connectivity index (χ0) is 21.7. The maximum atomic E-state index is 12.7. The Morgan fingerprint density at radius 1 is 1.07 bits per heavy atom. The van der Waals surface area contributed by atoms with Crippen molar-refractivity contribution in [1.29, 1.82) is 0 Å². The average Bonchev–Trinajstić information content (AvgIpc) is 2.74. The van der Waals surface area contributed by atoms with Crippen LogP contribution in [-0.2, 0) is 4.79 Å². The Morgan fingerprint density at radius 2 is 1.73 bits per heavy atom. The number of piperidine rings is 1. The number of carbonyl (C=O) groups excluding carboxylic acids is 1. The molecule has 2 aromatic carbocycles. The Labute approximate surface area is 178 Å². The van der Waals surface area contributed by atoms with E-state index in [0.717, 1.165) is 31.5 Å². The first-order valence-electron chi connectivity index (χ1n) is 10.9. The molecule has 0 aliphatic carbocycles. The number of hydrogen-bond donors (Lipinski definition) is 2. The van der Waals surface area contributed by atoms with Gasteiger partial charge in [0, 0.05) is 24.7 Å². The van der Waals surface area contributed by atoms with E-state index in [9.17, 15) is 14.7 Å². The van der Waals surface area contributed by atoms with Gasteiger partial charge in [-0.15, -0.1) is 0 Å². The third-order valence-electron chi connectivity index (χ3n) is 6.17. The molecule has 2 atom stereocenters. The van der Waals surface area contributed by atoms with E-state index in [0.29, 0.717) is 0 Å². The van der Waals surface area contributed by atoms with E-state index >= 15 is 0 Å². The number of aryl methyl sites for hydroxylation is 1. The molecule has 1 amide bonds. The molecule has 1 fully saturated rings. The first-order chi connectivity index (χ1) is 14.4. The van der Waals surface area contributed by atoms with E-state index in [1.807, 2.05) is 0 Å². The van der Waals surface area contributed by atoms with Crippen molar-refractivity contribution in [3.63, 3.8) is 0 Å². The minimum atomic E-state index is -0.978. The number of primary amides is 1. The fraction of sp³-hybridized carbons (Fsp3) is 0.440. The van der Waals surface area contributed by atoms with Gasteiger partial charge in [-0.2, -0.15) is 0 Å². The van der Waals surface area contributed by atoms with Crippen molar-refractivity contribution in [3.8, 4) is 0 Å². The summed E-state index contributed by atoms with van der Waals surface area (Å²) in [6.07, 6.45) is 5.38. The molecule has 1 heterocycles. The SMILES string of the molecule is CCCC(c1cccc(C)c1N1CCCCC1)C(C(N)=O)c1ccc(C(=O)O)cc1. The molecule has 3 N–H and O–H groups in total. The summed E-state index contributed by atoms with van der Waals surface area (Å²) in [6, 6.07) is 12.9. The Bertz CT molecular complexity index is 886. The largest absolute Gasteiger partial charge is 0.478 e. The third kappa shape index (κ3) is 4.66. The van der Waals surface area contributed by atoms with Crippen molar-refractivity contribution >= 4 is 17.6 Å². The van der Waals surface area contributed by atoms with Crippen LogP contribution in [0.25, 0.3) is 0 Å². The second-order valence-electron chi connectivity index (χ2n) is 8.26. The second kappa shape index (κ2) is 9.79. The molecule has 1 aliphatic heterocycles. The maximum absolute atomic E-state index is 12.7. The summed E-state index contributed by atoms with van der Waals surface area (Å²) in [7, 11) is 0. The van der Waals surface area contributed by atoms with Crippen molar-refractivity contribution in [1.82, 2.24) is 0 Å². The fourth-order valence-electron chi connectivity index (χ4n) is 4.77.